The number of benzene rings is 2. The molecule has 0 bridgehead atoms. The molecule has 0 amide bonds. The summed E-state index contributed by atoms with van der Waals surface area (Å²) in [5.74, 6) is 1.02. The fourth-order valence-electron chi connectivity index (χ4n) is 4.40. The molecule has 0 N–H and O–H groups in total. The van der Waals surface area contributed by atoms with Gasteiger partial charge < -0.3 is 19.4 Å². The van der Waals surface area contributed by atoms with E-state index in [-0.39, 0.29) is 0 Å². The van der Waals surface area contributed by atoms with Gasteiger partial charge in [-0.1, -0.05) is 50.7 Å². The summed E-state index contributed by atoms with van der Waals surface area (Å²) in [7, 11) is 6.39. The van der Waals surface area contributed by atoms with Crippen molar-refractivity contribution in [1.82, 2.24) is 9.80 Å². The smallest absolute Gasteiger partial charge is 0.127 e. The van der Waals surface area contributed by atoms with Crippen LogP contribution in [0.15, 0.2) is 36.4 Å². The van der Waals surface area contributed by atoms with Crippen molar-refractivity contribution >= 4 is 16.5 Å². The summed E-state index contributed by atoms with van der Waals surface area (Å²) in [5.41, 5.74) is 1.23. The first-order chi connectivity index (χ1) is 15.1. The van der Waals surface area contributed by atoms with Gasteiger partial charge in [0.15, 0.2) is 0 Å². The van der Waals surface area contributed by atoms with E-state index >= 15 is 0 Å². The minimum Gasteiger partial charge on any atom is -0.493 e. The van der Waals surface area contributed by atoms with Gasteiger partial charge >= 0.3 is 0 Å². The van der Waals surface area contributed by atoms with E-state index in [1.54, 1.807) is 0 Å². The number of hydrogen-bond donors (Lipinski definition) is 0. The summed E-state index contributed by atoms with van der Waals surface area (Å²) in [4.78, 5) is 7.21. The van der Waals surface area contributed by atoms with Gasteiger partial charge in [0.05, 0.1) is 6.61 Å². The Morgan fingerprint density at radius 3 is 2.19 bits per heavy atom. The number of unbranched alkanes of at least 4 members (excludes halogenated alkanes) is 7. The van der Waals surface area contributed by atoms with Crippen LogP contribution in [0, 0.1) is 0 Å². The SMILES string of the molecule is CN1CCN(CCCCCCCCCCOc2cccc3cc(N(C)C)ccc23)CC1. The van der Waals surface area contributed by atoms with Crippen LogP contribution in [-0.4, -0.2) is 70.3 Å². The van der Waals surface area contributed by atoms with Crippen molar-refractivity contribution in [2.45, 2.75) is 51.4 Å². The van der Waals surface area contributed by atoms with Crippen molar-refractivity contribution in [3.8, 4) is 5.75 Å². The average Bonchev–Trinajstić information content (AvgIpc) is 2.78. The molecule has 1 fully saturated rings. The topological polar surface area (TPSA) is 19.0 Å². The fraction of sp³-hybridized carbons (Fsp3) is 0.630. The molecule has 1 aliphatic heterocycles. The molecule has 4 nitrogen and oxygen atoms in total. The highest BCUT2D eigenvalue weighted by molar-refractivity contribution is 5.90. The molecule has 1 heterocycles. The monoisotopic (exact) mass is 425 g/mol. The van der Waals surface area contributed by atoms with Crippen LogP contribution in [-0.2, 0) is 0 Å². The normalized spacial score (nSPS) is 15.5. The molecule has 0 radical (unpaired) electrons. The molecule has 3 rings (SSSR count). The number of likely N-dealkylation sites (N-methyl/N-ethyl adjacent to an activating group) is 1. The minimum absolute atomic E-state index is 0.819. The second-order valence-electron chi connectivity index (χ2n) is 9.38. The number of rotatable bonds is 13. The van der Waals surface area contributed by atoms with Crippen LogP contribution < -0.4 is 9.64 Å². The van der Waals surface area contributed by atoms with Gasteiger partial charge in [0.1, 0.15) is 5.75 Å². The highest BCUT2D eigenvalue weighted by atomic mass is 16.5. The van der Waals surface area contributed by atoms with Gasteiger partial charge in [-0.15, -0.1) is 0 Å². The van der Waals surface area contributed by atoms with Crippen LogP contribution in [0.5, 0.6) is 5.75 Å². The summed E-state index contributed by atoms with van der Waals surface area (Å²) in [5, 5.41) is 2.46. The molecular weight excluding hydrogens is 382 g/mol. The molecule has 2 aromatic carbocycles. The maximum absolute atomic E-state index is 6.12. The highest BCUT2D eigenvalue weighted by Gasteiger charge is 2.12. The Morgan fingerprint density at radius 2 is 1.48 bits per heavy atom. The van der Waals surface area contributed by atoms with Gasteiger partial charge in [0.2, 0.25) is 0 Å². The molecular formula is C27H43N3O. The summed E-state index contributed by atoms with van der Waals surface area (Å²) < 4.78 is 6.12. The Labute approximate surface area is 190 Å². The third-order valence-electron chi connectivity index (χ3n) is 6.56. The highest BCUT2D eigenvalue weighted by Crippen LogP contribution is 2.29. The Morgan fingerprint density at radius 1 is 0.806 bits per heavy atom. The van der Waals surface area contributed by atoms with Crippen LogP contribution in [0.2, 0.25) is 0 Å². The van der Waals surface area contributed by atoms with E-state index in [0.29, 0.717) is 0 Å². The Balaban J connectivity index is 1.21. The van der Waals surface area contributed by atoms with E-state index in [4.69, 9.17) is 4.74 Å². The van der Waals surface area contributed by atoms with E-state index in [2.05, 4.69) is 72.2 Å². The lowest BCUT2D eigenvalue weighted by molar-refractivity contribution is 0.152. The number of anilines is 1. The van der Waals surface area contributed by atoms with Crippen LogP contribution >= 0.6 is 0 Å². The van der Waals surface area contributed by atoms with Crippen molar-refractivity contribution in [2.75, 3.05) is 65.4 Å². The lowest BCUT2D eigenvalue weighted by atomic mass is 10.1. The summed E-state index contributed by atoms with van der Waals surface area (Å²) >= 11 is 0. The van der Waals surface area contributed by atoms with Gasteiger partial charge in [-0.2, -0.15) is 0 Å². The second kappa shape index (κ2) is 12.9. The van der Waals surface area contributed by atoms with Gasteiger partial charge in [-0.3, -0.25) is 0 Å². The van der Waals surface area contributed by atoms with Crippen LogP contribution in [0.4, 0.5) is 5.69 Å². The Hall–Kier alpha value is -1.78. The van der Waals surface area contributed by atoms with E-state index in [9.17, 15) is 0 Å². The van der Waals surface area contributed by atoms with Gasteiger partial charge in [0, 0.05) is 51.3 Å². The number of fused-ring (bicyclic) bond motifs is 1. The lowest BCUT2D eigenvalue weighted by Gasteiger charge is -2.32. The molecule has 0 saturated carbocycles. The largest absolute Gasteiger partial charge is 0.493 e. The Kier molecular flexibility index (Phi) is 9.95. The maximum Gasteiger partial charge on any atom is 0.127 e. The molecule has 0 unspecified atom stereocenters. The van der Waals surface area contributed by atoms with Crippen LogP contribution in [0.3, 0.4) is 0 Å². The molecule has 4 heteroatoms. The van der Waals surface area contributed by atoms with Crippen molar-refractivity contribution < 1.29 is 4.74 Å². The zero-order chi connectivity index (χ0) is 21.9. The maximum atomic E-state index is 6.12. The summed E-state index contributed by atoms with van der Waals surface area (Å²) in [6.07, 6.45) is 10.7. The molecule has 31 heavy (non-hydrogen) atoms. The standard InChI is InChI=1S/C27H43N3O/c1-28(2)25-15-16-26-24(23-25)13-12-14-27(26)31-22-11-9-7-5-4-6-8-10-17-30-20-18-29(3)19-21-30/h12-16,23H,4-11,17-22H2,1-3H3. The second-order valence-corrected chi connectivity index (χ2v) is 9.38. The number of piperazine rings is 1. The Bertz CT molecular complexity index is 768. The van der Waals surface area contributed by atoms with Gasteiger partial charge in [-0.05, 0) is 56.1 Å². The summed E-state index contributed by atoms with van der Waals surface area (Å²) in [6, 6.07) is 12.9. The van der Waals surface area contributed by atoms with Crippen molar-refractivity contribution in [2.24, 2.45) is 0 Å². The first kappa shape index (κ1) is 23.9. The quantitative estimate of drug-likeness (QED) is 0.386. The molecule has 0 atom stereocenters. The first-order valence-corrected chi connectivity index (χ1v) is 12.4. The number of hydrogen-bond acceptors (Lipinski definition) is 4. The van der Waals surface area contributed by atoms with Crippen molar-refractivity contribution in [3.05, 3.63) is 36.4 Å². The number of ether oxygens (including phenoxy) is 1. The van der Waals surface area contributed by atoms with E-state index < -0.39 is 0 Å². The zero-order valence-electron chi connectivity index (χ0n) is 20.1. The van der Waals surface area contributed by atoms with Crippen LogP contribution in [0.25, 0.3) is 10.8 Å². The van der Waals surface area contributed by atoms with Crippen LogP contribution in [0.1, 0.15) is 51.4 Å². The van der Waals surface area contributed by atoms with E-state index in [0.717, 1.165) is 18.8 Å². The van der Waals surface area contributed by atoms with Crippen molar-refractivity contribution in [1.29, 1.82) is 0 Å². The van der Waals surface area contributed by atoms with E-state index in [1.165, 1.54) is 94.1 Å². The predicted octanol–water partition coefficient (Wildman–Crippen LogP) is 5.65. The molecule has 0 spiro atoms. The molecule has 2 aromatic rings. The fourth-order valence-corrected chi connectivity index (χ4v) is 4.40. The van der Waals surface area contributed by atoms with Gasteiger partial charge in [0.25, 0.3) is 0 Å². The number of nitrogens with zero attached hydrogens (tertiary/aromatic N) is 3. The molecule has 172 valence electrons. The predicted molar refractivity (Wildman–Crippen MR) is 135 cm³/mol. The first-order valence-electron chi connectivity index (χ1n) is 12.4. The van der Waals surface area contributed by atoms with Crippen molar-refractivity contribution in [3.63, 3.8) is 0 Å². The van der Waals surface area contributed by atoms with Gasteiger partial charge in [-0.25, -0.2) is 0 Å². The molecule has 0 aromatic heterocycles. The average molecular weight is 426 g/mol. The summed E-state index contributed by atoms with van der Waals surface area (Å²) in [6.45, 7) is 7.11. The minimum atomic E-state index is 0.819. The lowest BCUT2D eigenvalue weighted by Crippen LogP contribution is -2.44. The van der Waals surface area contributed by atoms with E-state index in [1.807, 2.05) is 0 Å². The third-order valence-corrected chi connectivity index (χ3v) is 6.56. The third kappa shape index (κ3) is 8.01. The molecule has 0 aliphatic carbocycles. The zero-order valence-corrected chi connectivity index (χ0v) is 20.1. The molecule has 1 saturated heterocycles. The molecule has 1 aliphatic rings.